The summed E-state index contributed by atoms with van der Waals surface area (Å²) >= 11 is 3.45. The van der Waals surface area contributed by atoms with Gasteiger partial charge in [-0.15, -0.1) is 6.58 Å². The Hall–Kier alpha value is -0.860. The molecule has 80 valence electrons. The molecule has 0 amide bonds. The molecule has 1 atom stereocenters. The topological polar surface area (TPSA) is 20.2 Å². The van der Waals surface area contributed by atoms with E-state index >= 15 is 0 Å². The molecule has 1 aromatic carbocycles. The zero-order valence-corrected chi connectivity index (χ0v) is 10.2. The van der Waals surface area contributed by atoms with Gasteiger partial charge in [-0.3, -0.25) is 0 Å². The normalized spacial score (nSPS) is 13.6. The van der Waals surface area contributed by atoms with E-state index in [-0.39, 0.29) is 6.10 Å². The second kappa shape index (κ2) is 6.59. The van der Waals surface area contributed by atoms with E-state index in [1.807, 2.05) is 36.4 Å². The van der Waals surface area contributed by atoms with Gasteiger partial charge in [-0.25, -0.2) is 0 Å². The molecule has 0 spiro atoms. The Morgan fingerprint density at radius 2 is 2.07 bits per heavy atom. The fourth-order valence-electron chi connectivity index (χ4n) is 1.29. The average molecular weight is 267 g/mol. The van der Waals surface area contributed by atoms with Crippen LogP contribution >= 0.6 is 15.9 Å². The van der Waals surface area contributed by atoms with Crippen LogP contribution in [0.4, 0.5) is 0 Å². The third-order valence-electron chi connectivity index (χ3n) is 1.99. The van der Waals surface area contributed by atoms with E-state index in [1.54, 1.807) is 6.08 Å². The minimum absolute atomic E-state index is 0.350. The molecule has 0 aliphatic heterocycles. The van der Waals surface area contributed by atoms with Gasteiger partial charge in [0.05, 0.1) is 6.10 Å². The van der Waals surface area contributed by atoms with Crippen LogP contribution in [0.15, 0.2) is 47.5 Å². The van der Waals surface area contributed by atoms with Crippen molar-refractivity contribution in [2.24, 2.45) is 0 Å². The summed E-state index contributed by atoms with van der Waals surface area (Å²) in [6, 6.07) is 10.0. The van der Waals surface area contributed by atoms with E-state index < -0.39 is 0 Å². The molecule has 0 aliphatic rings. The number of halogens is 1. The lowest BCUT2D eigenvalue weighted by Gasteiger charge is -2.06. The van der Waals surface area contributed by atoms with Gasteiger partial charge >= 0.3 is 0 Å². The molecular weight excluding hydrogens is 252 g/mol. The summed E-state index contributed by atoms with van der Waals surface area (Å²) < 4.78 is 1.00. The van der Waals surface area contributed by atoms with Crippen LogP contribution in [-0.4, -0.2) is 11.2 Å². The maximum Gasteiger partial charge on any atom is 0.0619 e. The number of aliphatic hydroxyl groups excluding tert-OH is 1. The van der Waals surface area contributed by atoms with Crippen molar-refractivity contribution in [3.8, 4) is 0 Å². The first kappa shape index (κ1) is 12.2. The van der Waals surface area contributed by atoms with Crippen molar-refractivity contribution in [2.45, 2.75) is 18.9 Å². The molecule has 2 heteroatoms. The van der Waals surface area contributed by atoms with Crippen LogP contribution in [0, 0.1) is 0 Å². The maximum absolute atomic E-state index is 9.56. The standard InChI is InChI=1S/C13H15BrO/c1-2-6-13(15)10-12(14)9-11-7-4-3-5-8-11/h2-5,7-9,13,15H,1,6,10H2/b12-9-/t13-/m0/s1. The summed E-state index contributed by atoms with van der Waals surface area (Å²) in [5.41, 5.74) is 1.13. The van der Waals surface area contributed by atoms with Gasteiger partial charge in [-0.2, -0.15) is 0 Å². The fraction of sp³-hybridized carbons (Fsp3) is 0.231. The van der Waals surface area contributed by atoms with Crippen molar-refractivity contribution < 1.29 is 5.11 Å². The summed E-state index contributed by atoms with van der Waals surface area (Å²) in [5, 5.41) is 9.56. The second-order valence-corrected chi connectivity index (χ2v) is 4.40. The van der Waals surface area contributed by atoms with Crippen LogP contribution in [-0.2, 0) is 0 Å². The summed E-state index contributed by atoms with van der Waals surface area (Å²) in [5.74, 6) is 0. The van der Waals surface area contributed by atoms with Crippen molar-refractivity contribution in [2.75, 3.05) is 0 Å². The predicted molar refractivity (Wildman–Crippen MR) is 68.8 cm³/mol. The Balaban J connectivity index is 2.56. The van der Waals surface area contributed by atoms with E-state index in [0.717, 1.165) is 10.0 Å². The van der Waals surface area contributed by atoms with Crippen LogP contribution in [0.2, 0.25) is 0 Å². The molecule has 0 bridgehead atoms. The highest BCUT2D eigenvalue weighted by Gasteiger charge is 2.03. The molecule has 0 saturated carbocycles. The van der Waals surface area contributed by atoms with E-state index in [1.165, 1.54) is 0 Å². The summed E-state index contributed by atoms with van der Waals surface area (Å²) in [4.78, 5) is 0. The quantitative estimate of drug-likeness (QED) is 0.805. The zero-order chi connectivity index (χ0) is 11.1. The van der Waals surface area contributed by atoms with Crippen LogP contribution < -0.4 is 0 Å². The molecular formula is C13H15BrO. The van der Waals surface area contributed by atoms with Crippen LogP contribution in [0.25, 0.3) is 6.08 Å². The third kappa shape index (κ3) is 4.96. The number of benzene rings is 1. The highest BCUT2D eigenvalue weighted by Crippen LogP contribution is 2.18. The monoisotopic (exact) mass is 266 g/mol. The molecule has 15 heavy (non-hydrogen) atoms. The van der Waals surface area contributed by atoms with Crippen LogP contribution in [0.1, 0.15) is 18.4 Å². The summed E-state index contributed by atoms with van der Waals surface area (Å²) in [6.07, 6.45) is 4.65. The molecule has 0 aromatic heterocycles. The molecule has 1 aromatic rings. The Kier molecular flexibility index (Phi) is 5.37. The molecule has 1 N–H and O–H groups in total. The summed E-state index contributed by atoms with van der Waals surface area (Å²) in [6.45, 7) is 3.60. The van der Waals surface area contributed by atoms with E-state index in [0.29, 0.717) is 12.8 Å². The van der Waals surface area contributed by atoms with E-state index in [4.69, 9.17) is 0 Å². The largest absolute Gasteiger partial charge is 0.392 e. The first-order chi connectivity index (χ1) is 7.22. The van der Waals surface area contributed by atoms with Gasteiger partial charge in [0.1, 0.15) is 0 Å². The Morgan fingerprint density at radius 3 is 2.67 bits per heavy atom. The zero-order valence-electron chi connectivity index (χ0n) is 8.57. The number of aliphatic hydroxyl groups is 1. The lowest BCUT2D eigenvalue weighted by atomic mass is 10.1. The van der Waals surface area contributed by atoms with Crippen molar-refractivity contribution >= 4 is 22.0 Å². The fourth-order valence-corrected chi connectivity index (χ4v) is 1.93. The van der Waals surface area contributed by atoms with Crippen LogP contribution in [0.5, 0.6) is 0 Å². The average Bonchev–Trinajstić information content (AvgIpc) is 2.19. The van der Waals surface area contributed by atoms with Crippen molar-refractivity contribution in [3.05, 3.63) is 53.0 Å². The van der Waals surface area contributed by atoms with Gasteiger partial charge in [-0.1, -0.05) is 52.3 Å². The van der Waals surface area contributed by atoms with Crippen LogP contribution in [0.3, 0.4) is 0 Å². The molecule has 0 fully saturated rings. The SMILES string of the molecule is C=CC[C@H](O)C/C(Br)=C/c1ccccc1. The smallest absolute Gasteiger partial charge is 0.0619 e. The molecule has 0 heterocycles. The molecule has 0 radical (unpaired) electrons. The molecule has 0 saturated heterocycles. The van der Waals surface area contributed by atoms with Gasteiger partial charge in [-0.05, 0) is 22.5 Å². The molecule has 0 aliphatic carbocycles. The number of rotatable bonds is 5. The number of hydrogen-bond donors (Lipinski definition) is 1. The van der Waals surface area contributed by atoms with Crippen molar-refractivity contribution in [1.29, 1.82) is 0 Å². The summed E-state index contributed by atoms with van der Waals surface area (Å²) in [7, 11) is 0. The molecule has 0 unspecified atom stereocenters. The highest BCUT2D eigenvalue weighted by molar-refractivity contribution is 9.11. The van der Waals surface area contributed by atoms with Gasteiger partial charge < -0.3 is 5.11 Å². The third-order valence-corrected chi connectivity index (χ3v) is 2.54. The maximum atomic E-state index is 9.56. The minimum atomic E-state index is -0.350. The van der Waals surface area contributed by atoms with E-state index in [2.05, 4.69) is 22.5 Å². The molecule has 1 rings (SSSR count). The van der Waals surface area contributed by atoms with Gasteiger partial charge in [0.15, 0.2) is 0 Å². The highest BCUT2D eigenvalue weighted by atomic mass is 79.9. The molecule has 1 nitrogen and oxygen atoms in total. The van der Waals surface area contributed by atoms with Gasteiger partial charge in [0.25, 0.3) is 0 Å². The first-order valence-corrected chi connectivity index (χ1v) is 5.71. The minimum Gasteiger partial charge on any atom is -0.392 e. The van der Waals surface area contributed by atoms with Crippen molar-refractivity contribution in [1.82, 2.24) is 0 Å². The van der Waals surface area contributed by atoms with Gasteiger partial charge in [0, 0.05) is 6.42 Å². The Morgan fingerprint density at radius 1 is 1.40 bits per heavy atom. The first-order valence-electron chi connectivity index (χ1n) is 4.92. The Bertz CT molecular complexity index is 330. The van der Waals surface area contributed by atoms with E-state index in [9.17, 15) is 5.11 Å². The van der Waals surface area contributed by atoms with Gasteiger partial charge in [0.2, 0.25) is 0 Å². The Labute approximate surface area is 99.3 Å². The van der Waals surface area contributed by atoms with Crippen molar-refractivity contribution in [3.63, 3.8) is 0 Å². The second-order valence-electron chi connectivity index (χ2n) is 3.38. The lowest BCUT2D eigenvalue weighted by molar-refractivity contribution is 0.181. The predicted octanol–water partition coefficient (Wildman–Crippen LogP) is 3.75. The number of hydrogen-bond acceptors (Lipinski definition) is 1. The lowest BCUT2D eigenvalue weighted by Crippen LogP contribution is -2.03.